The van der Waals surface area contributed by atoms with Gasteiger partial charge in [-0.05, 0) is 55.9 Å². The molecular weight excluding hydrogens is 414 g/mol. The highest BCUT2D eigenvalue weighted by atomic mass is 35.5. The molecule has 0 aliphatic carbocycles. The molecule has 2 heterocycles. The van der Waals surface area contributed by atoms with Gasteiger partial charge in [-0.1, -0.05) is 35.9 Å². The second-order valence-electron chi connectivity index (χ2n) is 7.49. The van der Waals surface area contributed by atoms with E-state index in [9.17, 15) is 13.2 Å². The first-order chi connectivity index (χ1) is 13.8. The number of unbranched alkanes of at least 4 members (excludes halogenated alkanes) is 1. The van der Waals surface area contributed by atoms with Gasteiger partial charge in [0.25, 0.3) is 0 Å². The van der Waals surface area contributed by atoms with Crippen molar-refractivity contribution in [3.8, 4) is 0 Å². The number of nitrogens with one attached hydrogen (secondary N) is 1. The van der Waals surface area contributed by atoms with Gasteiger partial charge in [-0.15, -0.1) is 0 Å². The maximum Gasteiger partial charge on any atom is 0.303 e. The molecule has 4 unspecified atom stereocenters. The summed E-state index contributed by atoms with van der Waals surface area (Å²) in [6, 6.07) is 6.73. The molecule has 0 saturated carbocycles. The van der Waals surface area contributed by atoms with Crippen molar-refractivity contribution in [1.29, 1.82) is 0 Å². The highest BCUT2D eigenvalue weighted by molar-refractivity contribution is 7.92. The largest absolute Gasteiger partial charge is 0.481 e. The number of ether oxygens (including phenoxy) is 1. The van der Waals surface area contributed by atoms with Crippen molar-refractivity contribution in [2.24, 2.45) is 5.92 Å². The first-order valence-electron chi connectivity index (χ1n) is 9.82. The van der Waals surface area contributed by atoms with Gasteiger partial charge in [0.2, 0.25) is 10.0 Å². The molecule has 0 spiro atoms. The van der Waals surface area contributed by atoms with Gasteiger partial charge < -0.3 is 9.84 Å². The van der Waals surface area contributed by atoms with Gasteiger partial charge in [-0.3, -0.25) is 4.79 Å². The zero-order valence-corrected chi connectivity index (χ0v) is 17.6. The Kier molecular flexibility index (Phi) is 7.51. The fourth-order valence-corrected chi connectivity index (χ4v) is 5.31. The SMILES string of the molecule is O=C(O)CCCC=CCC1C2CCC(O2)C1NS(=O)(=O)C=Cc1cccc(Cl)c1. The van der Waals surface area contributed by atoms with Gasteiger partial charge in [0, 0.05) is 22.8 Å². The summed E-state index contributed by atoms with van der Waals surface area (Å²) in [6.07, 6.45) is 9.44. The van der Waals surface area contributed by atoms with E-state index in [0.717, 1.165) is 12.8 Å². The lowest BCUT2D eigenvalue weighted by Gasteiger charge is -2.27. The van der Waals surface area contributed by atoms with E-state index >= 15 is 0 Å². The summed E-state index contributed by atoms with van der Waals surface area (Å²) in [4.78, 5) is 10.5. The van der Waals surface area contributed by atoms with E-state index < -0.39 is 16.0 Å². The summed E-state index contributed by atoms with van der Waals surface area (Å²) in [5.74, 6) is -0.709. The summed E-state index contributed by atoms with van der Waals surface area (Å²) in [5, 5.41) is 10.4. The maximum atomic E-state index is 12.6. The van der Waals surface area contributed by atoms with Crippen LogP contribution in [0.4, 0.5) is 0 Å². The van der Waals surface area contributed by atoms with Gasteiger partial charge in [0.1, 0.15) is 0 Å². The van der Waals surface area contributed by atoms with Gasteiger partial charge >= 0.3 is 5.97 Å². The van der Waals surface area contributed by atoms with E-state index in [1.54, 1.807) is 24.3 Å². The molecular formula is C21H26ClNO5S. The van der Waals surface area contributed by atoms with Crippen LogP contribution in [0.25, 0.3) is 6.08 Å². The number of hydrogen-bond acceptors (Lipinski definition) is 4. The van der Waals surface area contributed by atoms with Crippen LogP contribution in [-0.4, -0.2) is 37.7 Å². The predicted octanol–water partition coefficient (Wildman–Crippen LogP) is 3.98. The Bertz CT molecular complexity index is 883. The zero-order valence-electron chi connectivity index (χ0n) is 16.0. The van der Waals surface area contributed by atoms with Crippen molar-refractivity contribution in [2.75, 3.05) is 0 Å². The Morgan fingerprint density at radius 3 is 2.83 bits per heavy atom. The average Bonchev–Trinajstić information content (AvgIpc) is 3.25. The number of carbonyl (C=O) groups is 1. The summed E-state index contributed by atoms with van der Waals surface area (Å²) in [7, 11) is -3.62. The van der Waals surface area contributed by atoms with Crippen molar-refractivity contribution < 1.29 is 23.1 Å². The molecule has 0 radical (unpaired) electrons. The van der Waals surface area contributed by atoms with Gasteiger partial charge in [0.05, 0.1) is 18.2 Å². The van der Waals surface area contributed by atoms with E-state index in [0.29, 0.717) is 29.8 Å². The Labute approximate surface area is 176 Å². The molecule has 4 atom stereocenters. The van der Waals surface area contributed by atoms with Gasteiger partial charge in [-0.25, -0.2) is 13.1 Å². The van der Waals surface area contributed by atoms with Crippen LogP contribution in [0, 0.1) is 5.92 Å². The Morgan fingerprint density at radius 1 is 1.28 bits per heavy atom. The standard InChI is InChI=1S/C21H26ClNO5S/c22-16-7-5-6-15(14-16)12-13-29(26,27)23-21-17(18-10-11-19(21)28-18)8-3-1-2-4-9-20(24)25/h1,3,5-7,12-14,17-19,21,23H,2,4,8-11H2,(H,24,25). The van der Waals surface area contributed by atoms with Crippen LogP contribution in [0.5, 0.6) is 0 Å². The molecule has 29 heavy (non-hydrogen) atoms. The minimum atomic E-state index is -3.62. The normalized spacial score (nSPS) is 26.7. The molecule has 2 aliphatic heterocycles. The van der Waals surface area contributed by atoms with Crippen molar-refractivity contribution >= 4 is 33.7 Å². The molecule has 0 amide bonds. The summed E-state index contributed by atoms with van der Waals surface area (Å²) in [5.41, 5.74) is 0.716. The number of rotatable bonds is 10. The van der Waals surface area contributed by atoms with Crippen LogP contribution in [0.15, 0.2) is 41.8 Å². The third kappa shape index (κ3) is 6.40. The minimum Gasteiger partial charge on any atom is -0.481 e. The highest BCUT2D eigenvalue weighted by Crippen LogP contribution is 2.41. The first kappa shape index (κ1) is 22.0. The lowest BCUT2D eigenvalue weighted by Crippen LogP contribution is -2.46. The molecule has 6 nitrogen and oxygen atoms in total. The number of allylic oxidation sites excluding steroid dienone is 2. The summed E-state index contributed by atoms with van der Waals surface area (Å²) >= 11 is 5.94. The molecule has 3 rings (SSSR count). The van der Waals surface area contributed by atoms with Gasteiger partial charge in [-0.2, -0.15) is 0 Å². The van der Waals surface area contributed by atoms with E-state index in [-0.39, 0.29) is 30.6 Å². The molecule has 2 fully saturated rings. The van der Waals surface area contributed by atoms with E-state index in [1.807, 2.05) is 12.2 Å². The Balaban J connectivity index is 1.58. The maximum absolute atomic E-state index is 12.6. The monoisotopic (exact) mass is 439 g/mol. The summed E-state index contributed by atoms with van der Waals surface area (Å²) in [6.45, 7) is 0. The van der Waals surface area contributed by atoms with Crippen LogP contribution < -0.4 is 4.72 Å². The zero-order chi connectivity index (χ0) is 20.9. The van der Waals surface area contributed by atoms with E-state index in [1.165, 1.54) is 11.5 Å². The van der Waals surface area contributed by atoms with Crippen molar-refractivity contribution in [2.45, 2.75) is 56.8 Å². The highest BCUT2D eigenvalue weighted by Gasteiger charge is 2.49. The van der Waals surface area contributed by atoms with E-state index in [4.69, 9.17) is 21.4 Å². The number of hydrogen-bond donors (Lipinski definition) is 2. The third-order valence-electron chi connectivity index (χ3n) is 5.35. The molecule has 2 N–H and O–H groups in total. The number of carboxylic acid groups (broad SMARTS) is 1. The molecule has 2 saturated heterocycles. The molecule has 1 aromatic carbocycles. The van der Waals surface area contributed by atoms with Crippen molar-refractivity contribution in [3.05, 3.63) is 52.4 Å². The molecule has 8 heteroatoms. The fraction of sp³-hybridized carbons (Fsp3) is 0.476. The van der Waals surface area contributed by atoms with Crippen LogP contribution >= 0.6 is 11.6 Å². The second kappa shape index (κ2) is 9.89. The first-order valence-corrected chi connectivity index (χ1v) is 11.7. The number of benzene rings is 1. The molecule has 2 bridgehead atoms. The minimum absolute atomic E-state index is 0.0632. The Hall–Kier alpha value is -1.67. The molecule has 2 aliphatic rings. The van der Waals surface area contributed by atoms with E-state index in [2.05, 4.69) is 4.72 Å². The van der Waals surface area contributed by atoms with Crippen LogP contribution in [-0.2, 0) is 19.6 Å². The van der Waals surface area contributed by atoms with Crippen LogP contribution in [0.2, 0.25) is 5.02 Å². The van der Waals surface area contributed by atoms with Crippen LogP contribution in [0.3, 0.4) is 0 Å². The molecule has 1 aromatic rings. The average molecular weight is 440 g/mol. The van der Waals surface area contributed by atoms with Gasteiger partial charge in [0.15, 0.2) is 0 Å². The second-order valence-corrected chi connectivity index (χ2v) is 9.53. The molecule has 0 aromatic heterocycles. The quantitative estimate of drug-likeness (QED) is 0.425. The number of sulfonamides is 1. The lowest BCUT2D eigenvalue weighted by atomic mass is 9.83. The van der Waals surface area contributed by atoms with Crippen LogP contribution in [0.1, 0.15) is 44.1 Å². The topological polar surface area (TPSA) is 92.7 Å². The van der Waals surface area contributed by atoms with Crippen molar-refractivity contribution in [1.82, 2.24) is 4.72 Å². The predicted molar refractivity (Wildman–Crippen MR) is 113 cm³/mol. The van der Waals surface area contributed by atoms with Crippen molar-refractivity contribution in [3.63, 3.8) is 0 Å². The molecule has 158 valence electrons. The number of aliphatic carboxylic acids is 1. The lowest BCUT2D eigenvalue weighted by molar-refractivity contribution is -0.137. The smallest absolute Gasteiger partial charge is 0.303 e. The number of carboxylic acids is 1. The fourth-order valence-electron chi connectivity index (χ4n) is 3.99. The summed E-state index contributed by atoms with van der Waals surface area (Å²) < 4.78 is 33.9. The number of halogens is 1. The number of fused-ring (bicyclic) bond motifs is 2. The Morgan fingerprint density at radius 2 is 2.07 bits per heavy atom. The third-order valence-corrected chi connectivity index (χ3v) is 6.68.